The van der Waals surface area contributed by atoms with Gasteiger partial charge in [-0.05, 0) is 13.8 Å². The van der Waals surface area contributed by atoms with Gasteiger partial charge < -0.3 is 18.5 Å². The first-order valence-corrected chi connectivity index (χ1v) is 11.7. The Balaban J connectivity index is 5.59. The summed E-state index contributed by atoms with van der Waals surface area (Å²) in [4.78, 5) is 24.0. The van der Waals surface area contributed by atoms with Crippen molar-refractivity contribution in [3.05, 3.63) is 0 Å². The maximum absolute atomic E-state index is 12.0. The number of ether oxygens (including phenoxy) is 2. The molecule has 0 fully saturated rings. The van der Waals surface area contributed by atoms with E-state index in [-0.39, 0.29) is 13.2 Å². The Morgan fingerprint density at radius 2 is 1.05 bits per heavy atom. The van der Waals surface area contributed by atoms with E-state index in [9.17, 15) is 18.7 Å². The van der Waals surface area contributed by atoms with E-state index in [2.05, 4.69) is 0 Å². The molecule has 0 heterocycles. The minimum atomic E-state index is -3.16. The molecule has 0 aromatic rings. The minimum absolute atomic E-state index is 0.0296. The Labute approximate surface area is 130 Å². The van der Waals surface area contributed by atoms with Crippen LogP contribution in [-0.4, -0.2) is 64.0 Å². The molecule has 0 aromatic carbocycles. The molecule has 2 unspecified atom stereocenters. The molecule has 130 valence electrons. The normalized spacial score (nSPS) is 15.0. The predicted octanol–water partition coefficient (Wildman–Crippen LogP) is 1.96. The van der Waals surface area contributed by atoms with E-state index in [0.29, 0.717) is 0 Å². The van der Waals surface area contributed by atoms with Gasteiger partial charge in [0.05, 0.1) is 13.2 Å². The molecule has 0 saturated heterocycles. The van der Waals surface area contributed by atoms with Crippen LogP contribution >= 0.6 is 14.7 Å². The van der Waals surface area contributed by atoms with Crippen molar-refractivity contribution in [3.63, 3.8) is 0 Å². The van der Waals surface area contributed by atoms with Gasteiger partial charge in [-0.3, -0.25) is 9.13 Å². The Kier molecular flexibility index (Phi) is 8.55. The summed E-state index contributed by atoms with van der Waals surface area (Å²) in [7, 11) is -6.31. The molecule has 10 heteroatoms. The Bertz CT molecular complexity index is 434. The van der Waals surface area contributed by atoms with Crippen molar-refractivity contribution < 1.29 is 37.2 Å². The lowest BCUT2D eigenvalue weighted by Gasteiger charge is -2.26. The predicted molar refractivity (Wildman–Crippen MR) is 81.9 cm³/mol. The zero-order chi connectivity index (χ0) is 17.6. The third kappa shape index (κ3) is 8.69. The highest BCUT2D eigenvalue weighted by Gasteiger charge is 2.42. The highest BCUT2D eigenvalue weighted by Crippen LogP contribution is 2.44. The van der Waals surface area contributed by atoms with Gasteiger partial charge in [0.2, 0.25) is 0 Å². The molecule has 0 aliphatic rings. The largest absolute Gasteiger partial charge is 0.464 e. The summed E-state index contributed by atoms with van der Waals surface area (Å²) in [6.07, 6.45) is -3.24. The fraction of sp³-hybridized carbons (Fsp3) is 0.833. The molecule has 0 rings (SSSR count). The second kappa shape index (κ2) is 8.82. The zero-order valence-electron chi connectivity index (χ0n) is 13.7. The van der Waals surface area contributed by atoms with E-state index in [1.54, 1.807) is 13.8 Å². The molecule has 0 aliphatic heterocycles. The van der Waals surface area contributed by atoms with Gasteiger partial charge in [-0.2, -0.15) is 0 Å². The molecule has 22 heavy (non-hydrogen) atoms. The number of carbonyl (C=O) groups is 2. The van der Waals surface area contributed by atoms with Crippen molar-refractivity contribution >= 4 is 26.7 Å². The third-order valence-electron chi connectivity index (χ3n) is 2.05. The first-order valence-electron chi connectivity index (χ1n) is 6.71. The maximum Gasteiger partial charge on any atom is 0.339 e. The van der Waals surface area contributed by atoms with Gasteiger partial charge in [0.25, 0.3) is 0 Å². The van der Waals surface area contributed by atoms with Crippen molar-refractivity contribution in [3.8, 4) is 0 Å². The molecule has 8 nitrogen and oxygen atoms in total. The summed E-state index contributed by atoms with van der Waals surface area (Å²) in [6.45, 7) is 8.30. The Morgan fingerprint density at radius 3 is 1.23 bits per heavy atom. The van der Waals surface area contributed by atoms with Gasteiger partial charge in [-0.25, -0.2) is 9.59 Å². The second-order valence-corrected chi connectivity index (χ2v) is 10.5. The molecule has 2 atom stereocenters. The number of rotatable bonds is 9. The number of carbonyl (C=O) groups excluding carboxylic acids is 2. The SMILES string of the molecule is CCOC(=O)C(OP(C)(C)=O)C(OP(C)(C)=O)C(=O)OCC. The molecular formula is C12H24O8P2. The lowest BCUT2D eigenvalue weighted by Crippen LogP contribution is -2.44. The van der Waals surface area contributed by atoms with Gasteiger partial charge in [-0.15, -0.1) is 0 Å². The topological polar surface area (TPSA) is 105 Å². The Morgan fingerprint density at radius 1 is 0.773 bits per heavy atom. The number of esters is 2. The van der Waals surface area contributed by atoms with Crippen molar-refractivity contribution in [2.24, 2.45) is 0 Å². The first-order chi connectivity index (χ1) is 9.91. The van der Waals surface area contributed by atoms with Crippen LogP contribution in [0.4, 0.5) is 0 Å². The van der Waals surface area contributed by atoms with Crippen molar-refractivity contribution in [2.45, 2.75) is 26.1 Å². The first kappa shape index (κ1) is 21.3. The van der Waals surface area contributed by atoms with E-state index in [1.807, 2.05) is 0 Å². The van der Waals surface area contributed by atoms with Crippen LogP contribution in [0.1, 0.15) is 13.8 Å². The third-order valence-corrected chi connectivity index (χ3v) is 3.52. The molecule has 0 aliphatic carbocycles. The highest BCUT2D eigenvalue weighted by atomic mass is 31.2. The maximum atomic E-state index is 12.0. The fourth-order valence-corrected chi connectivity index (χ4v) is 2.93. The lowest BCUT2D eigenvalue weighted by atomic mass is 10.2. The van der Waals surface area contributed by atoms with Gasteiger partial charge >= 0.3 is 11.9 Å². The fourth-order valence-electron chi connectivity index (χ4n) is 1.44. The standard InChI is InChI=1S/C12H24O8P2/c1-7-17-11(13)9(19-21(3,4)15)10(12(14)18-8-2)20-22(5,6)16/h9-10H,7-8H2,1-6H3. The van der Waals surface area contributed by atoms with E-state index in [0.717, 1.165) is 0 Å². The van der Waals surface area contributed by atoms with Crippen molar-refractivity contribution in [1.29, 1.82) is 0 Å². The van der Waals surface area contributed by atoms with E-state index in [4.69, 9.17) is 18.5 Å². The number of hydrogen-bond acceptors (Lipinski definition) is 8. The smallest absolute Gasteiger partial charge is 0.339 e. The van der Waals surface area contributed by atoms with Crippen LogP contribution in [0.3, 0.4) is 0 Å². The molecule has 0 radical (unpaired) electrons. The minimum Gasteiger partial charge on any atom is -0.464 e. The summed E-state index contributed by atoms with van der Waals surface area (Å²) in [5.41, 5.74) is 0. The molecule has 0 bridgehead atoms. The molecule has 0 N–H and O–H groups in total. The van der Waals surface area contributed by atoms with Gasteiger partial charge in [-0.1, -0.05) is 0 Å². The molecule has 0 aromatic heterocycles. The summed E-state index contributed by atoms with van der Waals surface area (Å²) in [6, 6.07) is 0. The quantitative estimate of drug-likeness (QED) is 0.455. The van der Waals surface area contributed by atoms with Crippen LogP contribution in [0, 0.1) is 0 Å². The molecular weight excluding hydrogens is 334 g/mol. The summed E-state index contributed by atoms with van der Waals surface area (Å²) in [5, 5.41) is 0. The summed E-state index contributed by atoms with van der Waals surface area (Å²) < 4.78 is 43.7. The highest BCUT2D eigenvalue weighted by molar-refractivity contribution is 7.57. The molecule has 0 amide bonds. The van der Waals surface area contributed by atoms with Crippen molar-refractivity contribution in [2.75, 3.05) is 39.9 Å². The van der Waals surface area contributed by atoms with Gasteiger partial charge in [0.15, 0.2) is 26.9 Å². The molecule has 0 spiro atoms. The van der Waals surface area contributed by atoms with Crippen LogP contribution in [0.5, 0.6) is 0 Å². The van der Waals surface area contributed by atoms with Gasteiger partial charge in [0.1, 0.15) is 0 Å². The summed E-state index contributed by atoms with van der Waals surface area (Å²) >= 11 is 0. The zero-order valence-corrected chi connectivity index (χ0v) is 15.5. The van der Waals surface area contributed by atoms with Crippen LogP contribution in [0.25, 0.3) is 0 Å². The average molecular weight is 358 g/mol. The Hall–Kier alpha value is -0.680. The summed E-state index contributed by atoms with van der Waals surface area (Å²) in [5.74, 6) is -1.86. The van der Waals surface area contributed by atoms with Crippen LogP contribution in [0.15, 0.2) is 0 Å². The monoisotopic (exact) mass is 358 g/mol. The van der Waals surface area contributed by atoms with Gasteiger partial charge in [0, 0.05) is 26.7 Å². The lowest BCUT2D eigenvalue weighted by molar-refractivity contribution is -0.168. The van der Waals surface area contributed by atoms with Crippen LogP contribution < -0.4 is 0 Å². The molecule has 0 saturated carbocycles. The van der Waals surface area contributed by atoms with Crippen LogP contribution in [-0.2, 0) is 37.2 Å². The van der Waals surface area contributed by atoms with E-state index >= 15 is 0 Å². The van der Waals surface area contributed by atoms with E-state index < -0.39 is 38.9 Å². The van der Waals surface area contributed by atoms with Crippen LogP contribution in [0.2, 0.25) is 0 Å². The number of hydrogen-bond donors (Lipinski definition) is 0. The van der Waals surface area contributed by atoms with E-state index in [1.165, 1.54) is 26.7 Å². The second-order valence-electron chi connectivity index (χ2n) is 5.06. The van der Waals surface area contributed by atoms with Crippen molar-refractivity contribution in [1.82, 2.24) is 0 Å². The average Bonchev–Trinajstić information content (AvgIpc) is 2.31.